The SMILES string of the molecule is O=Cc1cc2oc3cc(F)ccc3c2[nH]1. The van der Waals surface area contributed by atoms with Crippen molar-refractivity contribution >= 4 is 28.4 Å². The van der Waals surface area contributed by atoms with Crippen LogP contribution < -0.4 is 0 Å². The number of hydrogen-bond acceptors (Lipinski definition) is 2. The molecule has 0 atom stereocenters. The van der Waals surface area contributed by atoms with Crippen molar-refractivity contribution in [3.05, 3.63) is 35.8 Å². The first kappa shape index (κ1) is 8.23. The van der Waals surface area contributed by atoms with Gasteiger partial charge in [-0.15, -0.1) is 0 Å². The molecule has 0 bridgehead atoms. The fourth-order valence-corrected chi connectivity index (χ4v) is 1.71. The highest BCUT2D eigenvalue weighted by Crippen LogP contribution is 2.28. The summed E-state index contributed by atoms with van der Waals surface area (Å²) in [6.07, 6.45) is 0.713. The van der Waals surface area contributed by atoms with E-state index in [-0.39, 0.29) is 5.82 Å². The third-order valence-electron chi connectivity index (χ3n) is 2.36. The lowest BCUT2D eigenvalue weighted by Crippen LogP contribution is -1.76. The lowest BCUT2D eigenvalue weighted by molar-refractivity contribution is 0.111. The minimum atomic E-state index is -0.338. The van der Waals surface area contributed by atoms with Crippen molar-refractivity contribution in [1.29, 1.82) is 0 Å². The quantitative estimate of drug-likeness (QED) is 0.618. The summed E-state index contributed by atoms with van der Waals surface area (Å²) >= 11 is 0. The molecule has 0 saturated carbocycles. The normalized spacial score (nSPS) is 11.3. The highest BCUT2D eigenvalue weighted by Gasteiger charge is 2.10. The third-order valence-corrected chi connectivity index (χ3v) is 2.36. The molecule has 0 fully saturated rings. The van der Waals surface area contributed by atoms with Gasteiger partial charge in [0.1, 0.15) is 11.4 Å². The van der Waals surface area contributed by atoms with Crippen LogP contribution in [0.15, 0.2) is 28.7 Å². The van der Waals surface area contributed by atoms with Crippen molar-refractivity contribution in [2.24, 2.45) is 0 Å². The van der Waals surface area contributed by atoms with Gasteiger partial charge in [0.15, 0.2) is 11.9 Å². The molecule has 3 nitrogen and oxygen atoms in total. The van der Waals surface area contributed by atoms with E-state index in [9.17, 15) is 9.18 Å². The Balaban J connectivity index is 2.45. The van der Waals surface area contributed by atoms with E-state index >= 15 is 0 Å². The van der Waals surface area contributed by atoms with Crippen LogP contribution in [0.3, 0.4) is 0 Å². The maximum absolute atomic E-state index is 12.9. The molecule has 2 heterocycles. The first-order valence-corrected chi connectivity index (χ1v) is 4.44. The highest BCUT2D eigenvalue weighted by atomic mass is 19.1. The van der Waals surface area contributed by atoms with E-state index in [1.165, 1.54) is 12.1 Å². The minimum absolute atomic E-state index is 0.338. The number of aromatic amines is 1. The number of rotatable bonds is 1. The van der Waals surface area contributed by atoms with E-state index in [0.717, 1.165) is 10.9 Å². The van der Waals surface area contributed by atoms with Crippen molar-refractivity contribution in [3.63, 3.8) is 0 Å². The van der Waals surface area contributed by atoms with E-state index in [1.54, 1.807) is 12.1 Å². The van der Waals surface area contributed by atoms with Gasteiger partial charge in [0.05, 0.1) is 11.2 Å². The zero-order chi connectivity index (χ0) is 10.4. The van der Waals surface area contributed by atoms with E-state index in [4.69, 9.17) is 4.42 Å². The number of hydrogen-bond donors (Lipinski definition) is 1. The van der Waals surface area contributed by atoms with Crippen LogP contribution in [-0.4, -0.2) is 11.3 Å². The van der Waals surface area contributed by atoms with Crippen LogP contribution in [0.5, 0.6) is 0 Å². The molecule has 0 aliphatic rings. The number of aldehydes is 1. The van der Waals surface area contributed by atoms with Crippen molar-refractivity contribution in [3.8, 4) is 0 Å². The zero-order valence-corrected chi connectivity index (χ0v) is 7.58. The molecule has 0 radical (unpaired) electrons. The summed E-state index contributed by atoms with van der Waals surface area (Å²) in [5, 5.41) is 0.777. The first-order valence-electron chi connectivity index (χ1n) is 4.44. The van der Waals surface area contributed by atoms with Crippen LogP contribution in [0.1, 0.15) is 10.5 Å². The molecule has 0 unspecified atom stereocenters. The molecule has 0 spiro atoms. The Morgan fingerprint density at radius 2 is 2.13 bits per heavy atom. The molecule has 74 valence electrons. The molecular weight excluding hydrogens is 197 g/mol. The number of carbonyl (C=O) groups excluding carboxylic acids is 1. The lowest BCUT2D eigenvalue weighted by Gasteiger charge is -1.88. The van der Waals surface area contributed by atoms with Crippen molar-refractivity contribution in [2.75, 3.05) is 0 Å². The van der Waals surface area contributed by atoms with Crippen LogP contribution in [0.4, 0.5) is 4.39 Å². The molecule has 1 N–H and O–H groups in total. The standard InChI is InChI=1S/C11H6FNO2/c12-6-1-2-8-9(3-6)15-10-4-7(5-14)13-11(8)10/h1-5,13H. The second-order valence-corrected chi connectivity index (χ2v) is 3.32. The van der Waals surface area contributed by atoms with E-state index < -0.39 is 0 Å². The molecule has 4 heteroatoms. The van der Waals surface area contributed by atoms with Gasteiger partial charge in [0.2, 0.25) is 0 Å². The van der Waals surface area contributed by atoms with Gasteiger partial charge in [-0.3, -0.25) is 4.79 Å². The van der Waals surface area contributed by atoms with Gasteiger partial charge in [0.25, 0.3) is 0 Å². The molecule has 0 amide bonds. The average molecular weight is 203 g/mol. The molecule has 1 aromatic carbocycles. The van der Waals surface area contributed by atoms with Crippen LogP contribution in [0.2, 0.25) is 0 Å². The minimum Gasteiger partial charge on any atom is -0.454 e. The summed E-state index contributed by atoms with van der Waals surface area (Å²) in [4.78, 5) is 13.4. The van der Waals surface area contributed by atoms with Crippen LogP contribution in [0.25, 0.3) is 22.1 Å². The van der Waals surface area contributed by atoms with Crippen LogP contribution >= 0.6 is 0 Å². The molecule has 0 aliphatic carbocycles. The van der Waals surface area contributed by atoms with Gasteiger partial charge in [-0.1, -0.05) is 0 Å². The summed E-state index contributed by atoms with van der Waals surface area (Å²) < 4.78 is 18.3. The Hall–Kier alpha value is -2.10. The first-order chi connectivity index (χ1) is 7.28. The third kappa shape index (κ3) is 1.08. The number of carbonyl (C=O) groups is 1. The maximum Gasteiger partial charge on any atom is 0.166 e. The fourth-order valence-electron chi connectivity index (χ4n) is 1.71. The molecule has 3 aromatic rings. The Morgan fingerprint density at radius 3 is 2.93 bits per heavy atom. The van der Waals surface area contributed by atoms with Crippen molar-refractivity contribution in [1.82, 2.24) is 4.98 Å². The van der Waals surface area contributed by atoms with Gasteiger partial charge in [-0.05, 0) is 12.1 Å². The Bertz CT molecular complexity index is 666. The van der Waals surface area contributed by atoms with E-state index in [2.05, 4.69) is 4.98 Å². The monoisotopic (exact) mass is 203 g/mol. The van der Waals surface area contributed by atoms with E-state index in [0.29, 0.717) is 23.1 Å². The number of halogens is 1. The Morgan fingerprint density at radius 1 is 1.27 bits per heavy atom. The lowest BCUT2D eigenvalue weighted by atomic mass is 10.2. The Labute approximate surface area is 83.5 Å². The summed E-state index contributed by atoms with van der Waals surface area (Å²) in [5.74, 6) is -0.338. The van der Waals surface area contributed by atoms with Gasteiger partial charge < -0.3 is 9.40 Å². The molecule has 2 aromatic heterocycles. The fraction of sp³-hybridized carbons (Fsp3) is 0. The van der Waals surface area contributed by atoms with Gasteiger partial charge in [0, 0.05) is 17.5 Å². The second-order valence-electron chi connectivity index (χ2n) is 3.32. The molecule has 0 aliphatic heterocycles. The summed E-state index contributed by atoms with van der Waals surface area (Å²) in [7, 11) is 0. The molecule has 3 rings (SSSR count). The van der Waals surface area contributed by atoms with Crippen molar-refractivity contribution < 1.29 is 13.6 Å². The molecule has 15 heavy (non-hydrogen) atoms. The van der Waals surface area contributed by atoms with Gasteiger partial charge in [-0.2, -0.15) is 0 Å². The zero-order valence-electron chi connectivity index (χ0n) is 7.58. The highest BCUT2D eigenvalue weighted by molar-refractivity contribution is 6.04. The summed E-state index contributed by atoms with van der Waals surface area (Å²) in [6, 6.07) is 5.91. The van der Waals surface area contributed by atoms with Crippen LogP contribution in [0, 0.1) is 5.82 Å². The summed E-state index contributed by atoms with van der Waals surface area (Å²) in [6.45, 7) is 0. The number of nitrogens with one attached hydrogen (secondary N) is 1. The van der Waals surface area contributed by atoms with Crippen molar-refractivity contribution in [2.45, 2.75) is 0 Å². The van der Waals surface area contributed by atoms with Gasteiger partial charge in [-0.25, -0.2) is 4.39 Å². The predicted molar refractivity (Wildman–Crippen MR) is 53.4 cm³/mol. The number of furan rings is 1. The average Bonchev–Trinajstić information content (AvgIpc) is 2.73. The smallest absolute Gasteiger partial charge is 0.166 e. The number of aromatic nitrogens is 1. The molecular formula is C11H6FNO2. The maximum atomic E-state index is 12.9. The second kappa shape index (κ2) is 2.70. The van der Waals surface area contributed by atoms with E-state index in [1.807, 2.05) is 0 Å². The van der Waals surface area contributed by atoms with Gasteiger partial charge >= 0.3 is 0 Å². The summed E-state index contributed by atoms with van der Waals surface area (Å²) in [5.41, 5.74) is 2.23. The number of benzene rings is 1. The van der Waals surface area contributed by atoms with Crippen LogP contribution in [-0.2, 0) is 0 Å². The topological polar surface area (TPSA) is 46.0 Å². The molecule has 0 saturated heterocycles. The number of H-pyrrole nitrogens is 1. The largest absolute Gasteiger partial charge is 0.454 e. The number of fused-ring (bicyclic) bond motifs is 3. The predicted octanol–water partition coefficient (Wildman–Crippen LogP) is 2.87. The Kier molecular flexibility index (Phi) is 1.48.